The average molecular weight is 267 g/mol. The number of aromatic nitrogens is 2. The molecule has 0 bridgehead atoms. The Morgan fingerprint density at radius 3 is 2.70 bits per heavy atom. The number of hydrogen-bond donors (Lipinski definition) is 1. The third kappa shape index (κ3) is 2.59. The van der Waals surface area contributed by atoms with Crippen LogP contribution in [0.15, 0.2) is 65.5 Å². The first-order chi connectivity index (χ1) is 9.86. The van der Waals surface area contributed by atoms with Crippen molar-refractivity contribution >= 4 is 5.69 Å². The maximum absolute atomic E-state index is 5.57. The lowest BCUT2D eigenvalue weighted by molar-refractivity contribution is 0.499. The van der Waals surface area contributed by atoms with Crippen LogP contribution in [0.5, 0.6) is 0 Å². The summed E-state index contributed by atoms with van der Waals surface area (Å²) in [4.78, 5) is 0. The normalized spacial score (nSPS) is 12.2. The molecule has 0 aliphatic rings. The molecule has 0 fully saturated rings. The minimum Gasteiger partial charge on any atom is -0.467 e. The second kappa shape index (κ2) is 5.65. The number of nitrogens with zero attached hydrogens (tertiary/aromatic N) is 2. The van der Waals surface area contributed by atoms with Gasteiger partial charge in [0.05, 0.1) is 18.1 Å². The van der Waals surface area contributed by atoms with Gasteiger partial charge >= 0.3 is 0 Å². The lowest BCUT2D eigenvalue weighted by Crippen LogP contribution is -2.11. The molecular formula is C16H17N3O. The quantitative estimate of drug-likeness (QED) is 0.766. The molecule has 0 aliphatic carbocycles. The average Bonchev–Trinajstić information content (AvgIpc) is 3.17. The predicted molar refractivity (Wildman–Crippen MR) is 78.5 cm³/mol. The lowest BCUT2D eigenvalue weighted by atomic mass is 10.0. The van der Waals surface area contributed by atoms with Crippen LogP contribution in [-0.2, 0) is 6.54 Å². The second-order valence-electron chi connectivity index (χ2n) is 4.59. The Balaban J connectivity index is 1.90. The van der Waals surface area contributed by atoms with Gasteiger partial charge in [-0.1, -0.05) is 30.3 Å². The molecule has 0 spiro atoms. The summed E-state index contributed by atoms with van der Waals surface area (Å²) in [6, 6.07) is 14.1. The van der Waals surface area contributed by atoms with Gasteiger partial charge in [0.1, 0.15) is 11.8 Å². The molecule has 0 amide bonds. The highest BCUT2D eigenvalue weighted by Gasteiger charge is 2.17. The molecule has 2 heterocycles. The molecule has 0 radical (unpaired) electrons. The number of hydrogen-bond acceptors (Lipinski definition) is 3. The summed E-state index contributed by atoms with van der Waals surface area (Å²) in [6.07, 6.45) is 5.53. The maximum atomic E-state index is 5.57. The van der Waals surface area contributed by atoms with Crippen molar-refractivity contribution < 1.29 is 4.42 Å². The largest absolute Gasteiger partial charge is 0.467 e. The van der Waals surface area contributed by atoms with E-state index in [0.29, 0.717) is 0 Å². The Hall–Kier alpha value is -2.49. The van der Waals surface area contributed by atoms with Crippen LogP contribution in [-0.4, -0.2) is 9.78 Å². The highest BCUT2D eigenvalue weighted by atomic mass is 16.3. The van der Waals surface area contributed by atoms with Crippen LogP contribution < -0.4 is 5.32 Å². The standard InChI is InChI=1S/C16H17N3O/c1-2-19-12-14(11-17-19)18-16(15-9-6-10-20-15)13-7-4-3-5-8-13/h3-12,16,18H,2H2,1H3. The first kappa shape index (κ1) is 12.5. The van der Waals surface area contributed by atoms with E-state index in [4.69, 9.17) is 4.42 Å². The fraction of sp³-hybridized carbons (Fsp3) is 0.188. The van der Waals surface area contributed by atoms with E-state index in [1.165, 1.54) is 0 Å². The third-order valence-corrected chi connectivity index (χ3v) is 3.23. The second-order valence-corrected chi connectivity index (χ2v) is 4.59. The molecule has 2 aromatic heterocycles. The molecule has 1 atom stereocenters. The van der Waals surface area contributed by atoms with Crippen LogP contribution in [0, 0.1) is 0 Å². The molecule has 0 saturated heterocycles. The van der Waals surface area contributed by atoms with E-state index < -0.39 is 0 Å². The molecule has 1 unspecified atom stereocenters. The SMILES string of the molecule is CCn1cc(NC(c2ccccc2)c2ccco2)cn1. The van der Waals surface area contributed by atoms with E-state index in [9.17, 15) is 0 Å². The van der Waals surface area contributed by atoms with Gasteiger partial charge in [0.15, 0.2) is 0 Å². The van der Waals surface area contributed by atoms with E-state index >= 15 is 0 Å². The number of benzene rings is 1. The van der Waals surface area contributed by atoms with Crippen molar-refractivity contribution in [3.63, 3.8) is 0 Å². The zero-order chi connectivity index (χ0) is 13.8. The minimum absolute atomic E-state index is 0.0132. The first-order valence-electron chi connectivity index (χ1n) is 6.74. The van der Waals surface area contributed by atoms with Crippen LogP contribution in [0.1, 0.15) is 24.3 Å². The van der Waals surface area contributed by atoms with Crippen LogP contribution >= 0.6 is 0 Å². The molecule has 0 saturated carbocycles. The summed E-state index contributed by atoms with van der Waals surface area (Å²) in [7, 11) is 0. The molecule has 3 aromatic rings. The fourth-order valence-corrected chi connectivity index (χ4v) is 2.20. The number of anilines is 1. The van der Waals surface area contributed by atoms with Crippen molar-refractivity contribution in [3.05, 3.63) is 72.4 Å². The van der Waals surface area contributed by atoms with Crippen molar-refractivity contribution in [1.29, 1.82) is 0 Å². The summed E-state index contributed by atoms with van der Waals surface area (Å²) < 4.78 is 7.46. The van der Waals surface area contributed by atoms with Crippen molar-refractivity contribution in [1.82, 2.24) is 9.78 Å². The van der Waals surface area contributed by atoms with Gasteiger partial charge < -0.3 is 9.73 Å². The molecule has 20 heavy (non-hydrogen) atoms. The Bertz CT molecular complexity index is 643. The van der Waals surface area contributed by atoms with E-state index in [-0.39, 0.29) is 6.04 Å². The smallest absolute Gasteiger partial charge is 0.130 e. The van der Waals surface area contributed by atoms with Gasteiger partial charge in [-0.3, -0.25) is 4.68 Å². The van der Waals surface area contributed by atoms with Crippen LogP contribution in [0.3, 0.4) is 0 Å². The Kier molecular flexibility index (Phi) is 3.54. The van der Waals surface area contributed by atoms with Gasteiger partial charge in [-0.15, -0.1) is 0 Å². The van der Waals surface area contributed by atoms with Gasteiger partial charge in [0.2, 0.25) is 0 Å². The summed E-state index contributed by atoms with van der Waals surface area (Å²) in [5.41, 5.74) is 2.14. The highest BCUT2D eigenvalue weighted by molar-refractivity contribution is 5.45. The molecule has 4 nitrogen and oxygen atoms in total. The zero-order valence-electron chi connectivity index (χ0n) is 11.4. The lowest BCUT2D eigenvalue weighted by Gasteiger charge is -2.17. The summed E-state index contributed by atoms with van der Waals surface area (Å²) in [5.74, 6) is 0.889. The third-order valence-electron chi connectivity index (χ3n) is 3.23. The molecule has 3 rings (SSSR count). The maximum Gasteiger partial charge on any atom is 0.130 e. The topological polar surface area (TPSA) is 43.0 Å². The van der Waals surface area contributed by atoms with Crippen molar-refractivity contribution in [2.45, 2.75) is 19.5 Å². The monoisotopic (exact) mass is 267 g/mol. The number of furan rings is 1. The fourth-order valence-electron chi connectivity index (χ4n) is 2.20. The molecule has 4 heteroatoms. The van der Waals surface area contributed by atoms with E-state index in [2.05, 4.69) is 29.5 Å². The molecule has 102 valence electrons. The number of nitrogens with one attached hydrogen (secondary N) is 1. The van der Waals surface area contributed by atoms with Gasteiger partial charge in [-0.05, 0) is 24.6 Å². The molecule has 1 aromatic carbocycles. The van der Waals surface area contributed by atoms with Gasteiger partial charge in [0.25, 0.3) is 0 Å². The zero-order valence-corrected chi connectivity index (χ0v) is 11.4. The number of aryl methyl sites for hydroxylation is 1. The first-order valence-corrected chi connectivity index (χ1v) is 6.74. The summed E-state index contributed by atoms with van der Waals surface area (Å²) >= 11 is 0. The Labute approximate surface area is 118 Å². The van der Waals surface area contributed by atoms with Gasteiger partial charge in [-0.2, -0.15) is 5.10 Å². The molecule has 1 N–H and O–H groups in total. The summed E-state index contributed by atoms with van der Waals surface area (Å²) in [5, 5.41) is 7.76. The Morgan fingerprint density at radius 2 is 2.05 bits per heavy atom. The van der Waals surface area contributed by atoms with Gasteiger partial charge in [-0.25, -0.2) is 0 Å². The summed E-state index contributed by atoms with van der Waals surface area (Å²) in [6.45, 7) is 2.93. The predicted octanol–water partition coefficient (Wildman–Crippen LogP) is 3.70. The molecular weight excluding hydrogens is 250 g/mol. The van der Waals surface area contributed by atoms with Crippen LogP contribution in [0.4, 0.5) is 5.69 Å². The number of rotatable bonds is 5. The van der Waals surface area contributed by atoms with Crippen molar-refractivity contribution in [2.75, 3.05) is 5.32 Å². The molecule has 0 aliphatic heterocycles. The van der Waals surface area contributed by atoms with E-state index in [1.54, 1.807) is 6.26 Å². The van der Waals surface area contributed by atoms with Crippen molar-refractivity contribution in [3.8, 4) is 0 Å². The van der Waals surface area contributed by atoms with E-state index in [1.807, 2.05) is 47.4 Å². The van der Waals surface area contributed by atoms with Gasteiger partial charge in [0, 0.05) is 12.7 Å². The van der Waals surface area contributed by atoms with Crippen molar-refractivity contribution in [2.24, 2.45) is 0 Å². The van der Waals surface area contributed by atoms with Crippen LogP contribution in [0.2, 0.25) is 0 Å². The minimum atomic E-state index is -0.0132. The van der Waals surface area contributed by atoms with Crippen LogP contribution in [0.25, 0.3) is 0 Å². The van der Waals surface area contributed by atoms with E-state index in [0.717, 1.165) is 23.6 Å². The highest BCUT2D eigenvalue weighted by Crippen LogP contribution is 2.26. The Morgan fingerprint density at radius 1 is 1.20 bits per heavy atom.